The number of hydrogen-bond donors (Lipinski definition) is 1. The second-order valence-electron chi connectivity index (χ2n) is 6.54. The molecule has 1 N–H and O–H groups in total. The maximum absolute atomic E-state index is 12.4. The quantitative estimate of drug-likeness (QED) is 0.662. The predicted octanol–water partition coefficient (Wildman–Crippen LogP) is 0.918. The lowest BCUT2D eigenvalue weighted by Crippen LogP contribution is -2.48. The summed E-state index contributed by atoms with van der Waals surface area (Å²) in [7, 11) is 2.13. The second kappa shape index (κ2) is 5.33. The van der Waals surface area contributed by atoms with Crippen molar-refractivity contribution in [1.29, 1.82) is 0 Å². The number of fused-ring (bicyclic) bond motifs is 5. The van der Waals surface area contributed by atoms with E-state index in [1.165, 1.54) is 0 Å². The first-order valence-electron chi connectivity index (χ1n) is 7.92. The summed E-state index contributed by atoms with van der Waals surface area (Å²) in [6.07, 6.45) is 2.26. The van der Waals surface area contributed by atoms with Crippen molar-refractivity contribution in [2.75, 3.05) is 13.7 Å². The second-order valence-corrected chi connectivity index (χ2v) is 6.54. The molecule has 2 bridgehead atoms. The Morgan fingerprint density at radius 3 is 2.55 bits per heavy atom. The summed E-state index contributed by atoms with van der Waals surface area (Å²) in [5.74, 6) is -0.915. The average Bonchev–Trinajstić information content (AvgIpc) is 3.27. The highest BCUT2D eigenvalue weighted by Gasteiger charge is 2.62. The third-order valence-corrected chi connectivity index (χ3v) is 5.33. The predicted molar refractivity (Wildman–Crippen MR) is 79.4 cm³/mol. The van der Waals surface area contributed by atoms with Crippen molar-refractivity contribution in [3.8, 4) is 0 Å². The molecular formula is C17H21NO4. The van der Waals surface area contributed by atoms with Gasteiger partial charge in [0.05, 0.1) is 6.61 Å². The van der Waals surface area contributed by atoms with Gasteiger partial charge in [0.2, 0.25) is 0 Å². The standard InChI is InChI=1S/C17H21NO4/c1-18-13-7-11(8-14(18)16-15(13)22-16)21-17(20)12(9-19)10-5-3-2-4-6-10/h2-6,11-16,19H,7-9H2,1H3/t11?,12-,13+,14?,15-,16?/m1/s1. The smallest absolute Gasteiger partial charge is 0.316 e. The number of epoxide rings is 1. The van der Waals surface area contributed by atoms with Crippen LogP contribution in [0.4, 0.5) is 0 Å². The summed E-state index contributed by atoms with van der Waals surface area (Å²) in [5, 5.41) is 9.56. The molecule has 0 saturated carbocycles. The molecule has 1 aromatic rings. The Balaban J connectivity index is 1.42. The largest absolute Gasteiger partial charge is 0.462 e. The number of nitrogens with zero attached hydrogens (tertiary/aromatic N) is 1. The van der Waals surface area contributed by atoms with Gasteiger partial charge in [0, 0.05) is 24.9 Å². The molecule has 3 saturated heterocycles. The van der Waals surface area contributed by atoms with E-state index < -0.39 is 5.92 Å². The first kappa shape index (κ1) is 14.2. The van der Waals surface area contributed by atoms with E-state index in [9.17, 15) is 9.90 Å². The number of ether oxygens (including phenoxy) is 2. The molecule has 22 heavy (non-hydrogen) atoms. The monoisotopic (exact) mass is 303 g/mol. The molecular weight excluding hydrogens is 282 g/mol. The van der Waals surface area contributed by atoms with Gasteiger partial charge in [-0.3, -0.25) is 9.69 Å². The van der Waals surface area contributed by atoms with E-state index in [4.69, 9.17) is 9.47 Å². The van der Waals surface area contributed by atoms with Crippen LogP contribution in [0.5, 0.6) is 0 Å². The lowest BCUT2D eigenvalue weighted by molar-refractivity contribution is -0.156. The Bertz CT molecular complexity index is 545. The van der Waals surface area contributed by atoms with Crippen LogP contribution in [0.25, 0.3) is 0 Å². The fourth-order valence-corrected chi connectivity index (χ4v) is 4.04. The molecule has 1 aromatic carbocycles. The van der Waals surface area contributed by atoms with Crippen LogP contribution in [0.1, 0.15) is 24.3 Å². The topological polar surface area (TPSA) is 62.3 Å². The Kier molecular flexibility index (Phi) is 3.44. The highest BCUT2D eigenvalue weighted by Crippen LogP contribution is 2.48. The van der Waals surface area contributed by atoms with Gasteiger partial charge >= 0.3 is 5.97 Å². The molecule has 0 aromatic heterocycles. The first-order valence-corrected chi connectivity index (χ1v) is 7.92. The van der Waals surface area contributed by atoms with Crippen molar-refractivity contribution < 1.29 is 19.4 Å². The molecule has 3 fully saturated rings. The minimum atomic E-state index is -0.593. The number of esters is 1. The SMILES string of the molecule is CN1C2CC(OC(=O)[C@H](CO)c3ccccc3)C[C@H]1[C@H]1OC21. The van der Waals surface area contributed by atoms with Crippen molar-refractivity contribution in [3.63, 3.8) is 0 Å². The summed E-state index contributed by atoms with van der Waals surface area (Å²) in [6.45, 7) is -0.226. The van der Waals surface area contributed by atoms with Crippen molar-refractivity contribution in [3.05, 3.63) is 35.9 Å². The molecule has 3 aliphatic rings. The van der Waals surface area contributed by atoms with Gasteiger partial charge in [-0.15, -0.1) is 0 Å². The Labute approximate surface area is 129 Å². The van der Waals surface area contributed by atoms with Crippen LogP contribution in [0.15, 0.2) is 30.3 Å². The molecule has 0 amide bonds. The van der Waals surface area contributed by atoms with Gasteiger partial charge in [-0.05, 0) is 12.6 Å². The molecule has 3 aliphatic heterocycles. The normalized spacial score (nSPS) is 37.5. The van der Waals surface area contributed by atoms with Crippen LogP contribution in [0, 0.1) is 0 Å². The van der Waals surface area contributed by atoms with E-state index >= 15 is 0 Å². The van der Waals surface area contributed by atoms with Crippen LogP contribution in [-0.4, -0.2) is 60.0 Å². The third kappa shape index (κ3) is 2.24. The van der Waals surface area contributed by atoms with Crippen molar-refractivity contribution in [2.24, 2.45) is 0 Å². The zero-order valence-electron chi connectivity index (χ0n) is 12.6. The van der Waals surface area contributed by atoms with E-state index in [1.807, 2.05) is 30.3 Å². The van der Waals surface area contributed by atoms with E-state index in [0.29, 0.717) is 24.3 Å². The Hall–Kier alpha value is -1.43. The van der Waals surface area contributed by atoms with Crippen molar-refractivity contribution in [1.82, 2.24) is 4.90 Å². The van der Waals surface area contributed by atoms with Gasteiger partial charge in [-0.25, -0.2) is 0 Å². The molecule has 0 radical (unpaired) electrons. The number of aliphatic hydroxyl groups is 1. The van der Waals surface area contributed by atoms with E-state index in [1.54, 1.807) is 0 Å². The highest BCUT2D eigenvalue weighted by atomic mass is 16.6. The van der Waals surface area contributed by atoms with E-state index in [2.05, 4.69) is 11.9 Å². The van der Waals surface area contributed by atoms with Crippen LogP contribution in [-0.2, 0) is 14.3 Å². The summed E-state index contributed by atoms with van der Waals surface area (Å²) in [6, 6.07) is 10.1. The third-order valence-electron chi connectivity index (χ3n) is 5.33. The van der Waals surface area contributed by atoms with Crippen LogP contribution >= 0.6 is 0 Å². The lowest BCUT2D eigenvalue weighted by atomic mass is 9.97. The number of rotatable bonds is 4. The summed E-state index contributed by atoms with van der Waals surface area (Å²) >= 11 is 0. The molecule has 0 spiro atoms. The molecule has 118 valence electrons. The summed E-state index contributed by atoms with van der Waals surface area (Å²) < 4.78 is 11.4. The lowest BCUT2D eigenvalue weighted by Gasteiger charge is -2.38. The van der Waals surface area contributed by atoms with Crippen molar-refractivity contribution >= 4 is 5.97 Å². The highest BCUT2D eigenvalue weighted by molar-refractivity contribution is 5.78. The van der Waals surface area contributed by atoms with Gasteiger partial charge in [-0.2, -0.15) is 0 Å². The zero-order chi connectivity index (χ0) is 15.3. The van der Waals surface area contributed by atoms with Gasteiger partial charge in [-0.1, -0.05) is 30.3 Å². The van der Waals surface area contributed by atoms with Gasteiger partial charge < -0.3 is 14.6 Å². The fourth-order valence-electron chi connectivity index (χ4n) is 4.04. The summed E-state index contributed by atoms with van der Waals surface area (Å²) in [5.41, 5.74) is 0.803. The molecule has 3 heterocycles. The summed E-state index contributed by atoms with van der Waals surface area (Å²) in [4.78, 5) is 14.8. The fraction of sp³-hybridized carbons (Fsp3) is 0.588. The minimum absolute atomic E-state index is 0.0622. The Morgan fingerprint density at radius 2 is 1.95 bits per heavy atom. The van der Waals surface area contributed by atoms with E-state index in [-0.39, 0.29) is 18.7 Å². The molecule has 5 heteroatoms. The van der Waals surface area contributed by atoms with Gasteiger partial charge in [0.25, 0.3) is 0 Å². The molecule has 5 nitrogen and oxygen atoms in total. The number of benzene rings is 1. The zero-order valence-corrected chi connectivity index (χ0v) is 12.6. The number of carbonyl (C=O) groups excluding carboxylic acids is 1. The maximum Gasteiger partial charge on any atom is 0.316 e. The minimum Gasteiger partial charge on any atom is -0.462 e. The average molecular weight is 303 g/mol. The van der Waals surface area contributed by atoms with Crippen LogP contribution in [0.3, 0.4) is 0 Å². The van der Waals surface area contributed by atoms with Crippen LogP contribution < -0.4 is 0 Å². The maximum atomic E-state index is 12.4. The number of piperidine rings is 1. The number of hydrogen-bond acceptors (Lipinski definition) is 5. The first-order chi connectivity index (χ1) is 10.7. The number of aliphatic hydroxyl groups excluding tert-OH is 1. The molecule has 0 aliphatic carbocycles. The Morgan fingerprint density at radius 1 is 1.32 bits per heavy atom. The van der Waals surface area contributed by atoms with Crippen molar-refractivity contribution in [2.45, 2.75) is 49.2 Å². The van der Waals surface area contributed by atoms with Gasteiger partial charge in [0.15, 0.2) is 0 Å². The van der Waals surface area contributed by atoms with E-state index in [0.717, 1.165) is 18.4 Å². The molecule has 6 atom stereocenters. The number of likely N-dealkylation sites (N-methyl/N-ethyl adjacent to an activating group) is 1. The number of morpholine rings is 1. The van der Waals surface area contributed by atoms with Crippen LogP contribution in [0.2, 0.25) is 0 Å². The molecule has 3 unspecified atom stereocenters. The number of carbonyl (C=O) groups is 1. The van der Waals surface area contributed by atoms with Gasteiger partial charge in [0.1, 0.15) is 24.2 Å². The molecule has 4 rings (SSSR count).